The van der Waals surface area contributed by atoms with Crippen molar-refractivity contribution in [2.75, 3.05) is 0 Å². The van der Waals surface area contributed by atoms with Crippen LogP contribution in [0.15, 0.2) is 12.2 Å². The van der Waals surface area contributed by atoms with Crippen LogP contribution < -0.4 is 0 Å². The van der Waals surface area contributed by atoms with E-state index in [1.165, 1.54) is 0 Å². The number of carboxylic acid groups (broad SMARTS) is 1. The predicted molar refractivity (Wildman–Crippen MR) is 44.7 cm³/mol. The van der Waals surface area contributed by atoms with Gasteiger partial charge in [0, 0.05) is 5.41 Å². The van der Waals surface area contributed by atoms with E-state index in [0.717, 1.165) is 5.57 Å². The van der Waals surface area contributed by atoms with Gasteiger partial charge in [-0.3, -0.25) is 4.79 Å². The first kappa shape index (κ1) is 9.26. The highest BCUT2D eigenvalue weighted by Crippen LogP contribution is 2.44. The van der Waals surface area contributed by atoms with E-state index < -0.39 is 17.5 Å². The number of aliphatic hydroxyl groups excluding tert-OH is 1. The van der Waals surface area contributed by atoms with Crippen LogP contribution in [0.3, 0.4) is 0 Å². The maximum Gasteiger partial charge on any atom is 0.304 e. The van der Waals surface area contributed by atoms with Crippen LogP contribution >= 0.6 is 0 Å². The largest absolute Gasteiger partial charge is 0.481 e. The summed E-state index contributed by atoms with van der Waals surface area (Å²) in [5.74, 6) is -0.826. The summed E-state index contributed by atoms with van der Waals surface area (Å²) in [7, 11) is 0. The van der Waals surface area contributed by atoms with Gasteiger partial charge in [0.05, 0.1) is 12.5 Å². The smallest absolute Gasteiger partial charge is 0.304 e. The van der Waals surface area contributed by atoms with E-state index in [2.05, 4.69) is 6.58 Å². The molecule has 68 valence electrons. The third-order valence-electron chi connectivity index (χ3n) is 2.56. The molecule has 1 aliphatic rings. The second kappa shape index (κ2) is 2.90. The Hall–Kier alpha value is -0.830. The van der Waals surface area contributed by atoms with Crippen LogP contribution in [0.1, 0.15) is 26.2 Å². The van der Waals surface area contributed by atoms with Crippen LogP contribution in [0.5, 0.6) is 0 Å². The van der Waals surface area contributed by atoms with Crippen LogP contribution in [0.25, 0.3) is 0 Å². The molecule has 0 radical (unpaired) electrons. The third kappa shape index (κ3) is 1.67. The molecule has 3 heteroatoms. The molecule has 0 bridgehead atoms. The summed E-state index contributed by atoms with van der Waals surface area (Å²) in [4.78, 5) is 10.5. The first-order valence-corrected chi connectivity index (χ1v) is 4.02. The molecule has 0 unspecified atom stereocenters. The predicted octanol–water partition coefficient (Wildman–Crippen LogP) is 1.18. The van der Waals surface area contributed by atoms with Gasteiger partial charge in [0.2, 0.25) is 0 Å². The van der Waals surface area contributed by atoms with Crippen molar-refractivity contribution in [2.24, 2.45) is 5.41 Å². The van der Waals surface area contributed by atoms with Crippen molar-refractivity contribution >= 4 is 5.97 Å². The average Bonchev–Trinajstić information content (AvgIpc) is 2.04. The van der Waals surface area contributed by atoms with E-state index >= 15 is 0 Å². The van der Waals surface area contributed by atoms with Crippen LogP contribution in [-0.2, 0) is 4.79 Å². The normalized spacial score (nSPS) is 35.5. The summed E-state index contributed by atoms with van der Waals surface area (Å²) in [6, 6.07) is 0. The van der Waals surface area contributed by atoms with Crippen molar-refractivity contribution in [3.8, 4) is 0 Å². The second-order valence-electron chi connectivity index (χ2n) is 3.80. The van der Waals surface area contributed by atoms with Crippen molar-refractivity contribution < 1.29 is 15.0 Å². The second-order valence-corrected chi connectivity index (χ2v) is 3.80. The standard InChI is InChI=1S/C9H14O3/c1-6-3-7(10)4-9(6,2)5-8(11)12/h7,10H,1,3-5H2,2H3,(H,11,12)/t7-,9+/m1/s1. The Morgan fingerprint density at radius 2 is 2.42 bits per heavy atom. The van der Waals surface area contributed by atoms with Crippen LogP contribution in [0.2, 0.25) is 0 Å². The molecule has 2 atom stereocenters. The number of hydrogen-bond acceptors (Lipinski definition) is 2. The van der Waals surface area contributed by atoms with Gasteiger partial charge in [0.1, 0.15) is 0 Å². The highest BCUT2D eigenvalue weighted by Gasteiger charge is 2.39. The van der Waals surface area contributed by atoms with Gasteiger partial charge in [-0.1, -0.05) is 19.1 Å². The number of rotatable bonds is 2. The number of hydrogen-bond donors (Lipinski definition) is 2. The third-order valence-corrected chi connectivity index (χ3v) is 2.56. The minimum absolute atomic E-state index is 0.0723. The molecular weight excluding hydrogens is 156 g/mol. The fourth-order valence-electron chi connectivity index (χ4n) is 1.80. The van der Waals surface area contributed by atoms with Gasteiger partial charge in [-0.2, -0.15) is 0 Å². The Morgan fingerprint density at radius 3 is 2.75 bits per heavy atom. The van der Waals surface area contributed by atoms with Crippen molar-refractivity contribution in [3.63, 3.8) is 0 Å². The lowest BCUT2D eigenvalue weighted by atomic mass is 9.82. The highest BCUT2D eigenvalue weighted by atomic mass is 16.4. The zero-order valence-electron chi connectivity index (χ0n) is 7.21. The molecule has 0 aliphatic heterocycles. The number of aliphatic hydroxyl groups is 1. The monoisotopic (exact) mass is 170 g/mol. The molecule has 2 N–H and O–H groups in total. The Bertz CT molecular complexity index is 222. The lowest BCUT2D eigenvalue weighted by molar-refractivity contribution is -0.139. The molecule has 0 spiro atoms. The number of aliphatic carboxylic acids is 1. The topological polar surface area (TPSA) is 57.5 Å². The molecule has 3 nitrogen and oxygen atoms in total. The van der Waals surface area contributed by atoms with E-state index in [9.17, 15) is 9.90 Å². The molecule has 0 aromatic carbocycles. The van der Waals surface area contributed by atoms with Gasteiger partial charge in [-0.25, -0.2) is 0 Å². The minimum atomic E-state index is -0.826. The van der Waals surface area contributed by atoms with Crippen molar-refractivity contribution in [3.05, 3.63) is 12.2 Å². The van der Waals surface area contributed by atoms with Crippen LogP contribution in [-0.4, -0.2) is 22.3 Å². The summed E-state index contributed by atoms with van der Waals surface area (Å²) in [5.41, 5.74) is 0.461. The highest BCUT2D eigenvalue weighted by molar-refractivity contribution is 5.68. The summed E-state index contributed by atoms with van der Waals surface area (Å²) < 4.78 is 0. The Kier molecular flexibility index (Phi) is 2.24. The summed E-state index contributed by atoms with van der Waals surface area (Å²) in [6.07, 6.45) is 0.743. The number of carbonyl (C=O) groups is 1. The van der Waals surface area contributed by atoms with E-state index in [1.54, 1.807) is 0 Å². The van der Waals surface area contributed by atoms with E-state index in [0.29, 0.717) is 12.8 Å². The first-order valence-electron chi connectivity index (χ1n) is 4.02. The molecule has 1 rings (SSSR count). The summed E-state index contributed by atoms with van der Waals surface area (Å²) in [5, 5.41) is 17.9. The molecular formula is C9H14O3. The Morgan fingerprint density at radius 1 is 1.83 bits per heavy atom. The molecule has 1 saturated carbocycles. The van der Waals surface area contributed by atoms with Crippen LogP contribution in [0, 0.1) is 5.41 Å². The lowest BCUT2D eigenvalue weighted by Gasteiger charge is -2.22. The molecule has 12 heavy (non-hydrogen) atoms. The molecule has 0 saturated heterocycles. The van der Waals surface area contributed by atoms with Crippen molar-refractivity contribution in [2.45, 2.75) is 32.3 Å². The molecule has 0 heterocycles. The lowest BCUT2D eigenvalue weighted by Crippen LogP contribution is -2.19. The zero-order chi connectivity index (χ0) is 9.35. The van der Waals surface area contributed by atoms with E-state index in [1.807, 2.05) is 6.92 Å². The molecule has 0 amide bonds. The summed E-state index contributed by atoms with van der Waals surface area (Å²) >= 11 is 0. The van der Waals surface area contributed by atoms with Crippen LogP contribution in [0.4, 0.5) is 0 Å². The van der Waals surface area contributed by atoms with Gasteiger partial charge < -0.3 is 10.2 Å². The zero-order valence-corrected chi connectivity index (χ0v) is 7.21. The van der Waals surface area contributed by atoms with Crippen molar-refractivity contribution in [1.29, 1.82) is 0 Å². The van der Waals surface area contributed by atoms with Gasteiger partial charge in [-0.15, -0.1) is 0 Å². The van der Waals surface area contributed by atoms with E-state index in [4.69, 9.17) is 5.11 Å². The van der Waals surface area contributed by atoms with Gasteiger partial charge in [0.25, 0.3) is 0 Å². The Labute approximate surface area is 71.7 Å². The maximum absolute atomic E-state index is 10.5. The number of carboxylic acids is 1. The quantitative estimate of drug-likeness (QED) is 0.612. The SMILES string of the molecule is C=C1C[C@@H](O)C[C@@]1(C)CC(=O)O. The summed E-state index contributed by atoms with van der Waals surface area (Å²) in [6.45, 7) is 5.63. The maximum atomic E-state index is 10.5. The fraction of sp³-hybridized carbons (Fsp3) is 0.667. The van der Waals surface area contributed by atoms with Gasteiger partial charge in [0.15, 0.2) is 0 Å². The molecule has 1 fully saturated rings. The Balaban J connectivity index is 2.71. The average molecular weight is 170 g/mol. The fourth-order valence-corrected chi connectivity index (χ4v) is 1.80. The molecule has 1 aliphatic carbocycles. The molecule has 0 aromatic heterocycles. The minimum Gasteiger partial charge on any atom is -0.481 e. The van der Waals surface area contributed by atoms with Crippen molar-refractivity contribution in [1.82, 2.24) is 0 Å². The molecule has 0 aromatic rings. The van der Waals surface area contributed by atoms with E-state index in [-0.39, 0.29) is 6.42 Å². The first-order chi connectivity index (χ1) is 5.44. The van der Waals surface area contributed by atoms with Gasteiger partial charge in [-0.05, 0) is 12.8 Å². The van der Waals surface area contributed by atoms with Gasteiger partial charge >= 0.3 is 5.97 Å².